The van der Waals surface area contributed by atoms with Crippen LogP contribution in [0.2, 0.25) is 0 Å². The van der Waals surface area contributed by atoms with Gasteiger partial charge in [0.2, 0.25) is 0 Å². The van der Waals surface area contributed by atoms with E-state index in [1.165, 1.54) is 25.8 Å². The molecule has 5 nitrogen and oxygen atoms in total. The number of rotatable bonds is 4. The monoisotopic (exact) mass is 289 g/mol. The minimum Gasteiger partial charge on any atom is -0.355 e. The first kappa shape index (κ1) is 14.7. The predicted molar refractivity (Wildman–Crippen MR) is 85.4 cm³/mol. The molecule has 2 atom stereocenters. The van der Waals surface area contributed by atoms with Crippen molar-refractivity contribution in [2.24, 2.45) is 5.92 Å². The van der Waals surface area contributed by atoms with E-state index in [2.05, 4.69) is 39.1 Å². The van der Waals surface area contributed by atoms with Gasteiger partial charge < -0.3 is 15.1 Å². The summed E-state index contributed by atoms with van der Waals surface area (Å²) in [5, 5.41) is 3.28. The molecule has 5 heteroatoms. The van der Waals surface area contributed by atoms with Gasteiger partial charge in [-0.3, -0.25) is 4.98 Å². The summed E-state index contributed by atoms with van der Waals surface area (Å²) in [7, 11) is 2.28. The van der Waals surface area contributed by atoms with E-state index >= 15 is 0 Å². The van der Waals surface area contributed by atoms with Crippen LogP contribution in [-0.2, 0) is 6.54 Å². The fraction of sp³-hybridized carbons (Fsp3) is 0.750. The van der Waals surface area contributed by atoms with Crippen LogP contribution in [0.15, 0.2) is 12.4 Å². The Balaban J connectivity index is 1.62. The van der Waals surface area contributed by atoms with Crippen LogP contribution in [0.1, 0.15) is 31.9 Å². The van der Waals surface area contributed by atoms with Crippen LogP contribution in [-0.4, -0.2) is 54.1 Å². The average molecular weight is 289 g/mol. The fourth-order valence-corrected chi connectivity index (χ4v) is 3.72. The van der Waals surface area contributed by atoms with Gasteiger partial charge >= 0.3 is 0 Å². The molecule has 2 aliphatic heterocycles. The van der Waals surface area contributed by atoms with E-state index in [0.717, 1.165) is 49.7 Å². The van der Waals surface area contributed by atoms with E-state index in [1.807, 2.05) is 12.4 Å². The van der Waals surface area contributed by atoms with Crippen molar-refractivity contribution in [3.05, 3.63) is 18.1 Å². The highest BCUT2D eigenvalue weighted by Gasteiger charge is 2.34. The molecule has 2 aliphatic rings. The molecule has 0 aliphatic carbocycles. The molecule has 0 amide bonds. The first-order valence-electron chi connectivity index (χ1n) is 8.24. The van der Waals surface area contributed by atoms with Crippen LogP contribution in [0, 0.1) is 5.92 Å². The predicted octanol–water partition coefficient (Wildman–Crippen LogP) is 1.51. The van der Waals surface area contributed by atoms with Crippen LogP contribution in [0.25, 0.3) is 0 Å². The van der Waals surface area contributed by atoms with E-state index in [-0.39, 0.29) is 0 Å². The number of anilines is 1. The third-order valence-corrected chi connectivity index (χ3v) is 4.92. The number of likely N-dealkylation sites (tertiary alicyclic amines) is 1. The van der Waals surface area contributed by atoms with Crippen LogP contribution in [0.4, 0.5) is 5.82 Å². The minimum absolute atomic E-state index is 0.774. The van der Waals surface area contributed by atoms with Gasteiger partial charge in [-0.15, -0.1) is 0 Å². The largest absolute Gasteiger partial charge is 0.355 e. The molecule has 116 valence electrons. The number of nitrogens with zero attached hydrogens (tertiary/aromatic N) is 4. The van der Waals surface area contributed by atoms with Crippen molar-refractivity contribution >= 4 is 5.82 Å². The smallest absolute Gasteiger partial charge is 0.147 e. The molecule has 0 saturated carbocycles. The quantitative estimate of drug-likeness (QED) is 0.910. The first-order valence-corrected chi connectivity index (χ1v) is 8.24. The third-order valence-electron chi connectivity index (χ3n) is 4.92. The summed E-state index contributed by atoms with van der Waals surface area (Å²) in [6.45, 7) is 7.38. The summed E-state index contributed by atoms with van der Waals surface area (Å²) in [4.78, 5) is 14.1. The number of aromatic nitrogens is 2. The number of hydrogen-bond acceptors (Lipinski definition) is 5. The van der Waals surface area contributed by atoms with Crippen molar-refractivity contribution in [3.63, 3.8) is 0 Å². The lowest BCUT2D eigenvalue weighted by Gasteiger charge is -2.46. The second-order valence-corrected chi connectivity index (χ2v) is 6.33. The molecule has 1 N–H and O–H groups in total. The van der Waals surface area contributed by atoms with Gasteiger partial charge in [0.05, 0.1) is 18.1 Å². The van der Waals surface area contributed by atoms with Gasteiger partial charge in [-0.25, -0.2) is 4.98 Å². The molecule has 21 heavy (non-hydrogen) atoms. The van der Waals surface area contributed by atoms with Crippen molar-refractivity contribution in [3.8, 4) is 0 Å². The van der Waals surface area contributed by atoms with Gasteiger partial charge in [-0.1, -0.05) is 6.92 Å². The summed E-state index contributed by atoms with van der Waals surface area (Å²) in [5.74, 6) is 1.84. The lowest BCUT2D eigenvalue weighted by Crippen LogP contribution is -2.52. The summed E-state index contributed by atoms with van der Waals surface area (Å²) in [6, 6.07) is 0.774. The maximum atomic E-state index is 4.62. The maximum Gasteiger partial charge on any atom is 0.147 e. The third kappa shape index (κ3) is 3.35. The zero-order valence-electron chi connectivity index (χ0n) is 13.3. The minimum atomic E-state index is 0.774. The highest BCUT2D eigenvalue weighted by Crippen LogP contribution is 2.31. The van der Waals surface area contributed by atoms with Gasteiger partial charge in [0, 0.05) is 25.7 Å². The number of fused-ring (bicyclic) bond motifs is 1. The van der Waals surface area contributed by atoms with Gasteiger partial charge in [0.1, 0.15) is 5.82 Å². The topological polar surface area (TPSA) is 44.3 Å². The Labute approximate surface area is 127 Å². The van der Waals surface area contributed by atoms with Gasteiger partial charge in [-0.05, 0) is 45.3 Å². The Hall–Kier alpha value is -1.20. The van der Waals surface area contributed by atoms with Crippen LogP contribution >= 0.6 is 0 Å². The summed E-state index contributed by atoms with van der Waals surface area (Å²) in [6.07, 6.45) is 7.80. The van der Waals surface area contributed by atoms with E-state index in [0.29, 0.717) is 0 Å². The Morgan fingerprint density at radius 1 is 1.24 bits per heavy atom. The Morgan fingerprint density at radius 3 is 2.90 bits per heavy atom. The molecule has 0 aromatic carbocycles. The normalized spacial score (nSPS) is 26.7. The molecule has 0 bridgehead atoms. The zero-order valence-corrected chi connectivity index (χ0v) is 13.3. The number of nitrogens with one attached hydrogen (secondary N) is 1. The van der Waals surface area contributed by atoms with E-state index in [9.17, 15) is 0 Å². The molecule has 1 aromatic rings. The number of piperidine rings is 2. The molecule has 3 heterocycles. The van der Waals surface area contributed by atoms with Crippen LogP contribution in [0.3, 0.4) is 0 Å². The second-order valence-electron chi connectivity index (χ2n) is 6.33. The Bertz CT molecular complexity index is 446. The molecule has 0 spiro atoms. The van der Waals surface area contributed by atoms with Crippen LogP contribution in [0.5, 0.6) is 0 Å². The van der Waals surface area contributed by atoms with Gasteiger partial charge in [0.15, 0.2) is 0 Å². The SMILES string of the molecule is CCNCc1cnc(N2CCC3C(CCCN3C)C2)cn1. The van der Waals surface area contributed by atoms with Gasteiger partial charge in [0.25, 0.3) is 0 Å². The van der Waals surface area contributed by atoms with Crippen molar-refractivity contribution in [2.45, 2.75) is 38.8 Å². The Kier molecular flexibility index (Phi) is 4.70. The second kappa shape index (κ2) is 6.71. The molecule has 0 radical (unpaired) electrons. The summed E-state index contributed by atoms with van der Waals surface area (Å²) in [5.41, 5.74) is 1.02. The van der Waals surface area contributed by atoms with E-state index in [1.54, 1.807) is 0 Å². The highest BCUT2D eigenvalue weighted by molar-refractivity contribution is 5.37. The fourth-order valence-electron chi connectivity index (χ4n) is 3.72. The average Bonchev–Trinajstić information content (AvgIpc) is 2.53. The summed E-state index contributed by atoms with van der Waals surface area (Å²) < 4.78 is 0. The zero-order chi connectivity index (χ0) is 14.7. The number of hydrogen-bond donors (Lipinski definition) is 1. The molecule has 3 rings (SSSR count). The summed E-state index contributed by atoms with van der Waals surface area (Å²) >= 11 is 0. The van der Waals surface area contributed by atoms with Crippen molar-refractivity contribution in [1.82, 2.24) is 20.2 Å². The first-order chi connectivity index (χ1) is 10.3. The lowest BCUT2D eigenvalue weighted by atomic mass is 9.84. The lowest BCUT2D eigenvalue weighted by molar-refractivity contribution is 0.102. The maximum absolute atomic E-state index is 4.62. The van der Waals surface area contributed by atoms with E-state index in [4.69, 9.17) is 0 Å². The molecule has 2 unspecified atom stereocenters. The van der Waals surface area contributed by atoms with Crippen molar-refractivity contribution in [2.75, 3.05) is 38.1 Å². The molecular weight excluding hydrogens is 262 g/mol. The van der Waals surface area contributed by atoms with Crippen LogP contribution < -0.4 is 10.2 Å². The molecule has 2 saturated heterocycles. The Morgan fingerprint density at radius 2 is 2.14 bits per heavy atom. The highest BCUT2D eigenvalue weighted by atomic mass is 15.2. The standard InChI is InChI=1S/C16H27N5/c1-3-17-9-14-10-19-16(11-18-14)21-8-6-15-13(12-21)5-4-7-20(15)2/h10-11,13,15,17H,3-9,12H2,1-2H3. The molecule has 1 aromatic heterocycles. The van der Waals surface area contributed by atoms with Gasteiger partial charge in [-0.2, -0.15) is 0 Å². The molecular formula is C16H27N5. The van der Waals surface area contributed by atoms with Crippen molar-refractivity contribution in [1.29, 1.82) is 0 Å². The van der Waals surface area contributed by atoms with E-state index < -0.39 is 0 Å². The molecule has 2 fully saturated rings. The van der Waals surface area contributed by atoms with Crippen molar-refractivity contribution < 1.29 is 0 Å².